The SMILES string of the molecule is COCC(O)CCC(C)(C)O. The average Bonchev–Trinajstić information content (AvgIpc) is 1.83. The van der Waals surface area contributed by atoms with Crippen LogP contribution < -0.4 is 0 Å². The number of ether oxygens (including phenoxy) is 1. The molecule has 0 saturated carbocycles. The molecule has 2 N–H and O–H groups in total. The van der Waals surface area contributed by atoms with Gasteiger partial charge in [-0.3, -0.25) is 0 Å². The lowest BCUT2D eigenvalue weighted by Gasteiger charge is -2.18. The first kappa shape index (κ1) is 10.9. The molecule has 0 aromatic heterocycles. The maximum absolute atomic E-state index is 9.28. The summed E-state index contributed by atoms with van der Waals surface area (Å²) in [7, 11) is 1.55. The molecular weight excluding hydrogens is 144 g/mol. The van der Waals surface area contributed by atoms with Gasteiger partial charge in [0.2, 0.25) is 0 Å². The van der Waals surface area contributed by atoms with Gasteiger partial charge in [-0.1, -0.05) is 0 Å². The van der Waals surface area contributed by atoms with Crippen LogP contribution in [0.25, 0.3) is 0 Å². The Balaban J connectivity index is 3.38. The second-order valence-corrected chi connectivity index (χ2v) is 3.46. The van der Waals surface area contributed by atoms with Gasteiger partial charge in [0.1, 0.15) is 0 Å². The van der Waals surface area contributed by atoms with Crippen LogP contribution in [-0.4, -0.2) is 35.6 Å². The minimum Gasteiger partial charge on any atom is -0.391 e. The van der Waals surface area contributed by atoms with Crippen molar-refractivity contribution < 1.29 is 14.9 Å². The van der Waals surface area contributed by atoms with E-state index < -0.39 is 11.7 Å². The first-order valence-electron chi connectivity index (χ1n) is 3.85. The minimum atomic E-state index is -0.686. The Kier molecular flexibility index (Phi) is 4.65. The van der Waals surface area contributed by atoms with Crippen molar-refractivity contribution in [1.82, 2.24) is 0 Å². The van der Waals surface area contributed by atoms with Gasteiger partial charge in [-0.15, -0.1) is 0 Å². The maximum Gasteiger partial charge on any atom is 0.0774 e. The van der Waals surface area contributed by atoms with Crippen LogP contribution in [0.5, 0.6) is 0 Å². The molecule has 0 rings (SSSR count). The van der Waals surface area contributed by atoms with Gasteiger partial charge in [0.05, 0.1) is 18.3 Å². The molecule has 0 fully saturated rings. The van der Waals surface area contributed by atoms with Crippen LogP contribution in [0.1, 0.15) is 26.7 Å². The van der Waals surface area contributed by atoms with E-state index in [0.717, 1.165) is 0 Å². The first-order chi connectivity index (χ1) is 4.95. The normalized spacial score (nSPS) is 15.0. The van der Waals surface area contributed by atoms with Crippen LogP contribution in [0.3, 0.4) is 0 Å². The minimum absolute atomic E-state index is 0.343. The van der Waals surface area contributed by atoms with Gasteiger partial charge in [-0.2, -0.15) is 0 Å². The van der Waals surface area contributed by atoms with E-state index in [-0.39, 0.29) is 0 Å². The fourth-order valence-electron chi connectivity index (χ4n) is 0.796. The fourth-order valence-corrected chi connectivity index (χ4v) is 0.796. The Morgan fingerprint density at radius 1 is 1.45 bits per heavy atom. The van der Waals surface area contributed by atoms with Gasteiger partial charge < -0.3 is 14.9 Å². The zero-order chi connectivity index (χ0) is 8.91. The number of aliphatic hydroxyl groups is 2. The summed E-state index contributed by atoms with van der Waals surface area (Å²) in [6.45, 7) is 3.80. The molecule has 0 aliphatic carbocycles. The molecule has 0 amide bonds. The van der Waals surface area contributed by atoms with Crippen molar-refractivity contribution in [1.29, 1.82) is 0 Å². The zero-order valence-electron chi connectivity index (χ0n) is 7.50. The highest BCUT2D eigenvalue weighted by molar-refractivity contribution is 4.67. The van der Waals surface area contributed by atoms with Crippen molar-refractivity contribution in [2.24, 2.45) is 0 Å². The van der Waals surface area contributed by atoms with Crippen LogP contribution in [0.15, 0.2) is 0 Å². The van der Waals surface area contributed by atoms with Gasteiger partial charge >= 0.3 is 0 Å². The lowest BCUT2D eigenvalue weighted by Crippen LogP contribution is -2.23. The summed E-state index contributed by atoms with van der Waals surface area (Å²) in [5.41, 5.74) is -0.686. The van der Waals surface area contributed by atoms with Crippen molar-refractivity contribution in [2.45, 2.75) is 38.4 Å². The standard InChI is InChI=1S/C8H18O3/c1-8(2,10)5-4-7(9)6-11-3/h7,9-10H,4-6H2,1-3H3. The Hall–Kier alpha value is -0.120. The topological polar surface area (TPSA) is 49.7 Å². The molecule has 0 aliphatic rings. The Labute approximate surface area is 68.0 Å². The Morgan fingerprint density at radius 2 is 2.00 bits per heavy atom. The number of hydrogen-bond acceptors (Lipinski definition) is 3. The molecular formula is C8H18O3. The van der Waals surface area contributed by atoms with Gasteiger partial charge in [0, 0.05) is 7.11 Å². The third-order valence-electron chi connectivity index (χ3n) is 1.45. The number of aliphatic hydroxyl groups excluding tert-OH is 1. The van der Waals surface area contributed by atoms with E-state index in [1.807, 2.05) is 0 Å². The monoisotopic (exact) mass is 162 g/mol. The second-order valence-electron chi connectivity index (χ2n) is 3.46. The highest BCUT2D eigenvalue weighted by Gasteiger charge is 2.14. The van der Waals surface area contributed by atoms with Crippen LogP contribution in [0, 0.1) is 0 Å². The maximum atomic E-state index is 9.28. The van der Waals surface area contributed by atoms with Crippen LogP contribution in [0.2, 0.25) is 0 Å². The summed E-state index contributed by atoms with van der Waals surface area (Å²) >= 11 is 0. The van der Waals surface area contributed by atoms with E-state index >= 15 is 0 Å². The van der Waals surface area contributed by atoms with Gasteiger partial charge in [0.15, 0.2) is 0 Å². The molecule has 1 unspecified atom stereocenters. The van der Waals surface area contributed by atoms with E-state index in [9.17, 15) is 10.2 Å². The lowest BCUT2D eigenvalue weighted by molar-refractivity contribution is 0.0221. The van der Waals surface area contributed by atoms with Crippen molar-refractivity contribution in [3.63, 3.8) is 0 Å². The summed E-state index contributed by atoms with van der Waals surface area (Å²) in [6, 6.07) is 0. The highest BCUT2D eigenvalue weighted by Crippen LogP contribution is 2.11. The largest absolute Gasteiger partial charge is 0.391 e. The molecule has 1 atom stereocenters. The molecule has 0 aromatic carbocycles. The van der Waals surface area contributed by atoms with Crippen LogP contribution in [-0.2, 0) is 4.74 Å². The summed E-state index contributed by atoms with van der Waals surface area (Å²) in [6.07, 6.45) is 0.723. The number of rotatable bonds is 5. The fraction of sp³-hybridized carbons (Fsp3) is 1.00. The highest BCUT2D eigenvalue weighted by atomic mass is 16.5. The summed E-state index contributed by atoms with van der Waals surface area (Å²) in [5, 5.41) is 18.5. The first-order valence-corrected chi connectivity index (χ1v) is 3.85. The average molecular weight is 162 g/mol. The molecule has 68 valence electrons. The molecule has 0 aliphatic heterocycles. The molecule has 0 saturated heterocycles. The molecule has 3 nitrogen and oxygen atoms in total. The van der Waals surface area contributed by atoms with E-state index in [0.29, 0.717) is 19.4 Å². The summed E-state index contributed by atoms with van der Waals surface area (Å²) in [5.74, 6) is 0. The van der Waals surface area contributed by atoms with Gasteiger partial charge in [-0.25, -0.2) is 0 Å². The van der Waals surface area contributed by atoms with Crippen LogP contribution >= 0.6 is 0 Å². The molecule has 0 aromatic rings. The Bertz CT molecular complexity index is 96.0. The number of methoxy groups -OCH3 is 1. The van der Waals surface area contributed by atoms with Crippen molar-refractivity contribution in [3.8, 4) is 0 Å². The predicted molar refractivity (Wildman–Crippen MR) is 43.4 cm³/mol. The van der Waals surface area contributed by atoms with E-state index in [4.69, 9.17) is 4.74 Å². The quantitative estimate of drug-likeness (QED) is 0.620. The van der Waals surface area contributed by atoms with Crippen molar-refractivity contribution >= 4 is 0 Å². The van der Waals surface area contributed by atoms with Crippen molar-refractivity contribution in [2.75, 3.05) is 13.7 Å². The zero-order valence-corrected chi connectivity index (χ0v) is 7.50. The van der Waals surface area contributed by atoms with Gasteiger partial charge in [0.25, 0.3) is 0 Å². The van der Waals surface area contributed by atoms with Crippen molar-refractivity contribution in [3.05, 3.63) is 0 Å². The van der Waals surface area contributed by atoms with E-state index in [1.54, 1.807) is 21.0 Å². The molecule has 0 bridgehead atoms. The molecule has 0 radical (unpaired) electrons. The van der Waals surface area contributed by atoms with E-state index in [2.05, 4.69) is 0 Å². The van der Waals surface area contributed by atoms with Gasteiger partial charge in [-0.05, 0) is 26.7 Å². The summed E-state index contributed by atoms with van der Waals surface area (Å²) in [4.78, 5) is 0. The number of hydrogen-bond donors (Lipinski definition) is 2. The smallest absolute Gasteiger partial charge is 0.0774 e. The van der Waals surface area contributed by atoms with E-state index in [1.165, 1.54) is 0 Å². The molecule has 11 heavy (non-hydrogen) atoms. The Morgan fingerprint density at radius 3 is 2.36 bits per heavy atom. The third-order valence-corrected chi connectivity index (χ3v) is 1.45. The lowest BCUT2D eigenvalue weighted by atomic mass is 10.0. The second kappa shape index (κ2) is 4.70. The molecule has 3 heteroatoms. The summed E-state index contributed by atoms with van der Waals surface area (Å²) < 4.78 is 4.74. The molecule has 0 heterocycles. The predicted octanol–water partition coefficient (Wildman–Crippen LogP) is 0.545. The van der Waals surface area contributed by atoms with Crippen LogP contribution in [0.4, 0.5) is 0 Å². The third kappa shape index (κ3) is 7.78. The molecule has 0 spiro atoms.